The number of thioether (sulfide) groups is 1. The highest BCUT2D eigenvalue weighted by Gasteiger charge is 2.32. The van der Waals surface area contributed by atoms with E-state index in [2.05, 4.69) is 15.6 Å². The van der Waals surface area contributed by atoms with Gasteiger partial charge in [0.25, 0.3) is 0 Å². The Morgan fingerprint density at radius 1 is 1.42 bits per heavy atom. The minimum absolute atomic E-state index is 0.0565. The van der Waals surface area contributed by atoms with Crippen molar-refractivity contribution in [1.82, 2.24) is 5.32 Å². The second-order valence-electron chi connectivity index (χ2n) is 5.29. The number of nitrogens with one attached hydrogen (secondary N) is 2. The van der Waals surface area contributed by atoms with Gasteiger partial charge in [-0.25, -0.2) is 0 Å². The Labute approximate surface area is 145 Å². The fourth-order valence-electron chi connectivity index (χ4n) is 2.20. The predicted octanol–water partition coefficient (Wildman–Crippen LogP) is 1.65. The van der Waals surface area contributed by atoms with Gasteiger partial charge in [0.05, 0.1) is 25.4 Å². The first-order valence-corrected chi connectivity index (χ1v) is 8.38. The molecule has 0 aromatic heterocycles. The van der Waals surface area contributed by atoms with Crippen molar-refractivity contribution in [3.63, 3.8) is 0 Å². The van der Waals surface area contributed by atoms with Crippen molar-refractivity contribution >= 4 is 34.4 Å². The van der Waals surface area contributed by atoms with Gasteiger partial charge in [-0.3, -0.25) is 14.6 Å². The van der Waals surface area contributed by atoms with E-state index in [-0.39, 0.29) is 24.3 Å². The summed E-state index contributed by atoms with van der Waals surface area (Å²) in [5.41, 5.74) is 0.580. The van der Waals surface area contributed by atoms with Crippen LogP contribution in [-0.4, -0.2) is 49.1 Å². The molecule has 0 radical (unpaired) electrons. The molecule has 2 N–H and O–H groups in total. The Morgan fingerprint density at radius 2 is 2.17 bits per heavy atom. The molecule has 1 aliphatic heterocycles. The van der Waals surface area contributed by atoms with E-state index in [0.29, 0.717) is 23.2 Å². The van der Waals surface area contributed by atoms with E-state index in [9.17, 15) is 9.59 Å². The van der Waals surface area contributed by atoms with Crippen molar-refractivity contribution in [2.24, 2.45) is 4.99 Å². The number of carbonyl (C=O) groups is 2. The van der Waals surface area contributed by atoms with Crippen LogP contribution in [0.4, 0.5) is 5.69 Å². The number of rotatable bonds is 7. The lowest BCUT2D eigenvalue weighted by molar-refractivity contribution is -0.122. The van der Waals surface area contributed by atoms with Gasteiger partial charge in [0.1, 0.15) is 11.0 Å². The van der Waals surface area contributed by atoms with Gasteiger partial charge in [0.2, 0.25) is 11.8 Å². The van der Waals surface area contributed by atoms with E-state index in [1.54, 1.807) is 25.3 Å². The summed E-state index contributed by atoms with van der Waals surface area (Å²) in [6.07, 6.45) is 0.0617. The van der Waals surface area contributed by atoms with Crippen molar-refractivity contribution in [3.05, 3.63) is 24.3 Å². The summed E-state index contributed by atoms with van der Waals surface area (Å²) in [6.45, 7) is 2.36. The number of amidine groups is 1. The van der Waals surface area contributed by atoms with Crippen molar-refractivity contribution in [3.8, 4) is 5.75 Å². The zero-order chi connectivity index (χ0) is 17.5. The van der Waals surface area contributed by atoms with Crippen LogP contribution in [0.3, 0.4) is 0 Å². The Hall–Kier alpha value is -2.06. The summed E-state index contributed by atoms with van der Waals surface area (Å²) in [4.78, 5) is 28.5. The second-order valence-corrected chi connectivity index (χ2v) is 6.48. The SMILES string of the molecule is COC[C@H](C)N=C1NC(=O)[C@H](CC(=O)Nc2ccccc2OC)S1. The third-order valence-electron chi connectivity index (χ3n) is 3.27. The molecule has 1 heterocycles. The number of hydrogen-bond donors (Lipinski definition) is 2. The average Bonchev–Trinajstić information content (AvgIpc) is 2.87. The molecule has 7 nitrogen and oxygen atoms in total. The molecule has 1 saturated heterocycles. The Balaban J connectivity index is 1.93. The topological polar surface area (TPSA) is 89.0 Å². The first-order chi connectivity index (χ1) is 11.5. The van der Waals surface area contributed by atoms with Gasteiger partial charge in [-0.2, -0.15) is 0 Å². The minimum atomic E-state index is -0.492. The zero-order valence-electron chi connectivity index (χ0n) is 13.9. The third kappa shape index (κ3) is 4.97. The first-order valence-electron chi connectivity index (χ1n) is 7.50. The molecular formula is C16H21N3O4S. The second kappa shape index (κ2) is 8.70. The van der Waals surface area contributed by atoms with E-state index < -0.39 is 5.25 Å². The van der Waals surface area contributed by atoms with Gasteiger partial charge in [-0.05, 0) is 19.1 Å². The molecule has 1 aromatic rings. The number of amides is 2. The van der Waals surface area contributed by atoms with Crippen LogP contribution in [0.25, 0.3) is 0 Å². The highest BCUT2D eigenvalue weighted by Crippen LogP contribution is 2.26. The van der Waals surface area contributed by atoms with Crippen LogP contribution in [0.1, 0.15) is 13.3 Å². The van der Waals surface area contributed by atoms with Crippen LogP contribution in [0.15, 0.2) is 29.3 Å². The Kier molecular flexibility index (Phi) is 6.62. The number of hydrogen-bond acceptors (Lipinski definition) is 6. The molecule has 1 fully saturated rings. The lowest BCUT2D eigenvalue weighted by Crippen LogP contribution is -2.28. The number of nitrogens with zero attached hydrogens (tertiary/aromatic N) is 1. The zero-order valence-corrected chi connectivity index (χ0v) is 14.7. The highest BCUT2D eigenvalue weighted by molar-refractivity contribution is 8.15. The summed E-state index contributed by atoms with van der Waals surface area (Å²) in [5, 5.41) is 5.50. The fourth-order valence-corrected chi connectivity index (χ4v) is 3.27. The van der Waals surface area contributed by atoms with E-state index in [0.717, 1.165) is 0 Å². The van der Waals surface area contributed by atoms with Crippen LogP contribution in [0, 0.1) is 0 Å². The predicted molar refractivity (Wildman–Crippen MR) is 94.5 cm³/mol. The molecule has 130 valence electrons. The molecule has 2 atom stereocenters. The fraction of sp³-hybridized carbons (Fsp3) is 0.438. The average molecular weight is 351 g/mol. The number of para-hydroxylation sites is 2. The van der Waals surface area contributed by atoms with E-state index >= 15 is 0 Å². The van der Waals surface area contributed by atoms with Gasteiger partial charge >= 0.3 is 0 Å². The maximum absolute atomic E-state index is 12.2. The summed E-state index contributed by atoms with van der Waals surface area (Å²) in [7, 11) is 3.14. The number of aliphatic imine (C=N–C) groups is 1. The minimum Gasteiger partial charge on any atom is -0.495 e. The smallest absolute Gasteiger partial charge is 0.240 e. The van der Waals surface area contributed by atoms with Crippen molar-refractivity contribution in [2.75, 3.05) is 26.1 Å². The van der Waals surface area contributed by atoms with Gasteiger partial charge in [-0.15, -0.1) is 0 Å². The van der Waals surface area contributed by atoms with Gasteiger partial charge in [0.15, 0.2) is 5.17 Å². The third-order valence-corrected chi connectivity index (χ3v) is 4.37. The Morgan fingerprint density at radius 3 is 2.88 bits per heavy atom. The normalized spacial score (nSPS) is 19.9. The van der Waals surface area contributed by atoms with Crippen LogP contribution in [0.2, 0.25) is 0 Å². The summed E-state index contributed by atoms with van der Waals surface area (Å²) < 4.78 is 10.2. The lowest BCUT2D eigenvalue weighted by Gasteiger charge is -2.10. The van der Waals surface area contributed by atoms with Crippen LogP contribution < -0.4 is 15.4 Å². The number of methoxy groups -OCH3 is 2. The molecular weight excluding hydrogens is 330 g/mol. The van der Waals surface area contributed by atoms with Gasteiger partial charge in [-0.1, -0.05) is 23.9 Å². The molecule has 1 aliphatic rings. The summed E-state index contributed by atoms with van der Waals surface area (Å²) in [5.74, 6) is 0.113. The molecule has 0 saturated carbocycles. The largest absolute Gasteiger partial charge is 0.495 e. The number of carbonyl (C=O) groups excluding carboxylic acids is 2. The first kappa shape index (κ1) is 18.3. The molecule has 8 heteroatoms. The maximum atomic E-state index is 12.2. The summed E-state index contributed by atoms with van der Waals surface area (Å²) >= 11 is 1.26. The van der Waals surface area contributed by atoms with Crippen molar-refractivity contribution in [2.45, 2.75) is 24.6 Å². The number of benzene rings is 1. The molecule has 1 aromatic carbocycles. The number of ether oxygens (including phenoxy) is 2. The van der Waals surface area contributed by atoms with E-state index in [4.69, 9.17) is 9.47 Å². The highest BCUT2D eigenvalue weighted by atomic mass is 32.2. The van der Waals surface area contributed by atoms with Crippen LogP contribution in [-0.2, 0) is 14.3 Å². The van der Waals surface area contributed by atoms with Crippen LogP contribution in [0.5, 0.6) is 5.75 Å². The monoisotopic (exact) mass is 351 g/mol. The van der Waals surface area contributed by atoms with Gasteiger partial charge in [0, 0.05) is 13.5 Å². The molecule has 0 unspecified atom stereocenters. The molecule has 0 bridgehead atoms. The van der Waals surface area contributed by atoms with E-state index in [1.807, 2.05) is 13.0 Å². The molecule has 0 aliphatic carbocycles. The molecule has 0 spiro atoms. The van der Waals surface area contributed by atoms with Crippen LogP contribution >= 0.6 is 11.8 Å². The van der Waals surface area contributed by atoms with Crippen molar-refractivity contribution < 1.29 is 19.1 Å². The Bertz CT molecular complexity index is 636. The molecule has 24 heavy (non-hydrogen) atoms. The number of anilines is 1. The summed E-state index contributed by atoms with van der Waals surface area (Å²) in [6, 6.07) is 7.07. The van der Waals surface area contributed by atoms with Crippen molar-refractivity contribution in [1.29, 1.82) is 0 Å². The molecule has 2 rings (SSSR count). The quantitative estimate of drug-likeness (QED) is 0.780. The maximum Gasteiger partial charge on any atom is 0.240 e. The lowest BCUT2D eigenvalue weighted by atomic mass is 10.2. The molecule has 2 amide bonds. The van der Waals surface area contributed by atoms with E-state index in [1.165, 1.54) is 18.9 Å². The van der Waals surface area contributed by atoms with Gasteiger partial charge < -0.3 is 20.1 Å². The standard InChI is InChI=1S/C16H21N3O4S/c1-10(9-22-2)17-16-19-15(21)13(24-16)8-14(20)18-11-6-4-5-7-12(11)23-3/h4-7,10,13H,8-9H2,1-3H3,(H,18,20)(H,17,19,21)/t10-,13-/m0/s1.